The minimum Gasteiger partial charge on any atom is -0.480 e. The van der Waals surface area contributed by atoms with Crippen LogP contribution in [0.15, 0.2) is 0 Å². The van der Waals surface area contributed by atoms with Crippen LogP contribution in [0.1, 0.15) is 26.7 Å². The van der Waals surface area contributed by atoms with Crippen molar-refractivity contribution in [3.63, 3.8) is 0 Å². The van der Waals surface area contributed by atoms with E-state index in [0.29, 0.717) is 0 Å². The van der Waals surface area contributed by atoms with E-state index in [1.54, 1.807) is 13.8 Å². The van der Waals surface area contributed by atoms with E-state index in [0.717, 1.165) is 0 Å². The second kappa shape index (κ2) is 5.53. The number of carboxylic acid groups (broad SMARTS) is 1. The van der Waals surface area contributed by atoms with Crippen LogP contribution in [-0.4, -0.2) is 29.2 Å². The molecule has 5 heteroatoms. The number of rotatable bonds is 5. The number of hydrogen-bond donors (Lipinski definition) is 2. The van der Waals surface area contributed by atoms with Gasteiger partial charge in [-0.05, 0) is 20.3 Å². The predicted molar refractivity (Wildman–Crippen MR) is 46.1 cm³/mol. The minimum atomic E-state index is -1.10. The van der Waals surface area contributed by atoms with Crippen molar-refractivity contribution in [3.8, 4) is 0 Å². The Morgan fingerprint density at radius 3 is 2.38 bits per heavy atom. The summed E-state index contributed by atoms with van der Waals surface area (Å²) in [6, 6.07) is -0.986. The number of carboxylic acids is 1. The molecule has 0 aliphatic carbocycles. The van der Waals surface area contributed by atoms with E-state index in [4.69, 9.17) is 15.6 Å². The Bertz CT molecular complexity index is 191. The van der Waals surface area contributed by atoms with E-state index >= 15 is 0 Å². The van der Waals surface area contributed by atoms with Gasteiger partial charge in [-0.25, -0.2) is 0 Å². The molecule has 0 rings (SSSR count). The van der Waals surface area contributed by atoms with Crippen molar-refractivity contribution in [2.45, 2.75) is 38.8 Å². The average molecular weight is 189 g/mol. The van der Waals surface area contributed by atoms with Gasteiger partial charge in [-0.1, -0.05) is 0 Å². The zero-order chi connectivity index (χ0) is 10.4. The van der Waals surface area contributed by atoms with Gasteiger partial charge in [0.05, 0.1) is 6.10 Å². The molecule has 0 saturated carbocycles. The maximum Gasteiger partial charge on any atom is 0.320 e. The molecule has 76 valence electrons. The summed E-state index contributed by atoms with van der Waals surface area (Å²) in [5, 5.41) is 8.40. The van der Waals surface area contributed by atoms with Gasteiger partial charge in [-0.3, -0.25) is 9.59 Å². The van der Waals surface area contributed by atoms with Gasteiger partial charge in [0.25, 0.3) is 0 Å². The topological polar surface area (TPSA) is 89.6 Å². The molecule has 5 nitrogen and oxygen atoms in total. The zero-order valence-electron chi connectivity index (χ0n) is 7.82. The number of carbonyl (C=O) groups is 2. The third kappa shape index (κ3) is 6.10. The summed E-state index contributed by atoms with van der Waals surface area (Å²) in [6.45, 7) is 3.46. The van der Waals surface area contributed by atoms with Crippen LogP contribution < -0.4 is 5.73 Å². The molecule has 0 aromatic rings. The van der Waals surface area contributed by atoms with Crippen molar-refractivity contribution in [1.82, 2.24) is 0 Å². The maximum absolute atomic E-state index is 10.9. The molecular weight excluding hydrogens is 174 g/mol. The van der Waals surface area contributed by atoms with E-state index in [1.165, 1.54) is 0 Å². The SMILES string of the molecule is CC(C)OC(=O)CC[C@H](N)C(=O)O. The highest BCUT2D eigenvalue weighted by Gasteiger charge is 2.14. The van der Waals surface area contributed by atoms with Gasteiger partial charge < -0.3 is 15.6 Å². The first-order valence-electron chi connectivity index (χ1n) is 4.11. The van der Waals surface area contributed by atoms with Crippen molar-refractivity contribution < 1.29 is 19.4 Å². The lowest BCUT2D eigenvalue weighted by molar-refractivity contribution is -0.147. The molecule has 0 radical (unpaired) electrons. The van der Waals surface area contributed by atoms with Gasteiger partial charge in [0.1, 0.15) is 6.04 Å². The molecule has 3 N–H and O–H groups in total. The molecule has 0 saturated heterocycles. The standard InChI is InChI=1S/C8H15NO4/c1-5(2)13-7(10)4-3-6(9)8(11)12/h5-6H,3-4,9H2,1-2H3,(H,11,12)/t6-/m0/s1. The largest absolute Gasteiger partial charge is 0.480 e. The second-order valence-electron chi connectivity index (χ2n) is 3.02. The number of aliphatic carboxylic acids is 1. The first-order valence-corrected chi connectivity index (χ1v) is 4.11. The van der Waals surface area contributed by atoms with Crippen molar-refractivity contribution >= 4 is 11.9 Å². The predicted octanol–water partition coefficient (Wildman–Crippen LogP) is 0.130. The van der Waals surface area contributed by atoms with E-state index < -0.39 is 18.0 Å². The summed E-state index contributed by atoms with van der Waals surface area (Å²) >= 11 is 0. The van der Waals surface area contributed by atoms with Crippen molar-refractivity contribution in [2.75, 3.05) is 0 Å². The normalized spacial score (nSPS) is 12.6. The summed E-state index contributed by atoms with van der Waals surface area (Å²) in [4.78, 5) is 21.2. The monoisotopic (exact) mass is 189 g/mol. The van der Waals surface area contributed by atoms with Crippen molar-refractivity contribution in [3.05, 3.63) is 0 Å². The maximum atomic E-state index is 10.9. The van der Waals surface area contributed by atoms with Crippen LogP contribution in [0.3, 0.4) is 0 Å². The molecule has 0 aromatic carbocycles. The molecule has 0 bridgehead atoms. The van der Waals surface area contributed by atoms with Gasteiger partial charge >= 0.3 is 11.9 Å². The van der Waals surface area contributed by atoms with Gasteiger partial charge in [-0.15, -0.1) is 0 Å². The molecule has 0 fully saturated rings. The fourth-order valence-corrected chi connectivity index (χ4v) is 0.719. The molecular formula is C8H15NO4. The zero-order valence-corrected chi connectivity index (χ0v) is 7.82. The highest BCUT2D eigenvalue weighted by atomic mass is 16.5. The lowest BCUT2D eigenvalue weighted by Gasteiger charge is -2.08. The Balaban J connectivity index is 3.64. The highest BCUT2D eigenvalue weighted by Crippen LogP contribution is 1.99. The number of hydrogen-bond acceptors (Lipinski definition) is 4. The number of carbonyl (C=O) groups excluding carboxylic acids is 1. The quantitative estimate of drug-likeness (QED) is 0.600. The summed E-state index contributed by atoms with van der Waals surface area (Å²) in [5.74, 6) is -1.51. The Kier molecular flexibility index (Phi) is 5.06. The van der Waals surface area contributed by atoms with Crippen molar-refractivity contribution in [1.29, 1.82) is 0 Å². The first kappa shape index (κ1) is 11.9. The van der Waals surface area contributed by atoms with Crippen LogP contribution in [0.4, 0.5) is 0 Å². The van der Waals surface area contributed by atoms with Gasteiger partial charge in [0.2, 0.25) is 0 Å². The highest BCUT2D eigenvalue weighted by molar-refractivity contribution is 5.75. The smallest absolute Gasteiger partial charge is 0.320 e. The molecule has 0 amide bonds. The Morgan fingerprint density at radius 1 is 1.46 bits per heavy atom. The average Bonchev–Trinajstić information content (AvgIpc) is 1.98. The third-order valence-corrected chi connectivity index (χ3v) is 1.34. The summed E-state index contributed by atoms with van der Waals surface area (Å²) in [5.41, 5.74) is 5.19. The minimum absolute atomic E-state index is 0.0473. The van der Waals surface area contributed by atoms with E-state index in [2.05, 4.69) is 0 Å². The van der Waals surface area contributed by atoms with Crippen LogP contribution in [-0.2, 0) is 14.3 Å². The Morgan fingerprint density at radius 2 is 2.00 bits per heavy atom. The van der Waals surface area contributed by atoms with E-state index in [1.807, 2.05) is 0 Å². The molecule has 0 unspecified atom stereocenters. The summed E-state index contributed by atoms with van der Waals surface area (Å²) in [6.07, 6.45) is -0.0134. The number of esters is 1. The fraction of sp³-hybridized carbons (Fsp3) is 0.750. The lowest BCUT2D eigenvalue weighted by Crippen LogP contribution is -2.30. The summed E-state index contributed by atoms with van der Waals surface area (Å²) in [7, 11) is 0. The van der Waals surface area contributed by atoms with Crippen LogP contribution in [0, 0.1) is 0 Å². The number of nitrogens with two attached hydrogens (primary N) is 1. The van der Waals surface area contributed by atoms with Gasteiger partial charge in [-0.2, -0.15) is 0 Å². The third-order valence-electron chi connectivity index (χ3n) is 1.34. The molecule has 1 atom stereocenters. The van der Waals surface area contributed by atoms with Gasteiger partial charge in [0.15, 0.2) is 0 Å². The van der Waals surface area contributed by atoms with Gasteiger partial charge in [0, 0.05) is 6.42 Å². The second-order valence-corrected chi connectivity index (χ2v) is 3.02. The molecule has 13 heavy (non-hydrogen) atoms. The fourth-order valence-electron chi connectivity index (χ4n) is 0.719. The molecule has 0 aromatic heterocycles. The number of ether oxygens (including phenoxy) is 1. The Hall–Kier alpha value is -1.10. The molecule has 0 heterocycles. The lowest BCUT2D eigenvalue weighted by atomic mass is 10.2. The van der Waals surface area contributed by atoms with Crippen molar-refractivity contribution in [2.24, 2.45) is 5.73 Å². The van der Waals surface area contributed by atoms with Crippen LogP contribution >= 0.6 is 0 Å². The van der Waals surface area contributed by atoms with E-state index in [9.17, 15) is 9.59 Å². The van der Waals surface area contributed by atoms with Crippen LogP contribution in [0.2, 0.25) is 0 Å². The summed E-state index contributed by atoms with van der Waals surface area (Å²) < 4.78 is 4.79. The Labute approximate surface area is 76.9 Å². The van der Waals surface area contributed by atoms with Crippen LogP contribution in [0.25, 0.3) is 0 Å². The first-order chi connectivity index (χ1) is 5.93. The molecule has 0 aliphatic heterocycles. The molecule has 0 spiro atoms. The van der Waals surface area contributed by atoms with E-state index in [-0.39, 0.29) is 18.9 Å². The molecule has 0 aliphatic rings. The van der Waals surface area contributed by atoms with Crippen LogP contribution in [0.5, 0.6) is 0 Å².